The molecule has 0 N–H and O–H groups in total. The highest BCUT2D eigenvalue weighted by Gasteiger charge is 2.30. The Balaban J connectivity index is 0.000000264. The van der Waals surface area contributed by atoms with Crippen LogP contribution in [0.25, 0.3) is 0 Å². The van der Waals surface area contributed by atoms with E-state index in [9.17, 15) is 0 Å². The minimum absolute atomic E-state index is 1.02. The molecule has 5 fully saturated rings. The summed E-state index contributed by atoms with van der Waals surface area (Å²) in [5.74, 6) is 5.41. The van der Waals surface area contributed by atoms with Gasteiger partial charge in [-0.1, -0.05) is 175 Å². The summed E-state index contributed by atoms with van der Waals surface area (Å²) in [6.45, 7) is 6.48. The Labute approximate surface area is 230 Å². The van der Waals surface area contributed by atoms with Gasteiger partial charge in [-0.15, -0.1) is 0 Å². The van der Waals surface area contributed by atoms with Crippen LogP contribution in [0.3, 0.4) is 0 Å². The lowest BCUT2D eigenvalue weighted by atomic mass is 9.68. The van der Waals surface area contributed by atoms with Crippen molar-refractivity contribution in [1.82, 2.24) is 0 Å². The molecule has 5 rings (SSSR count). The lowest BCUT2D eigenvalue weighted by Gasteiger charge is -2.38. The second kappa shape index (κ2) is 21.9. The average molecular weight is 503 g/mol. The van der Waals surface area contributed by atoms with E-state index >= 15 is 0 Å². The van der Waals surface area contributed by atoms with Gasteiger partial charge in [0, 0.05) is 0 Å². The van der Waals surface area contributed by atoms with Crippen LogP contribution in [0.15, 0.2) is 0 Å². The predicted octanol–water partition coefficient (Wildman–Crippen LogP) is 13.1. The van der Waals surface area contributed by atoms with Gasteiger partial charge in [-0.05, 0) is 55.3 Å². The highest BCUT2D eigenvalue weighted by molar-refractivity contribution is 4.82. The van der Waals surface area contributed by atoms with Crippen LogP contribution in [0.2, 0.25) is 0 Å². The molecule has 0 nitrogen and oxygen atoms in total. The predicted molar refractivity (Wildman–Crippen MR) is 164 cm³/mol. The average Bonchev–Trinajstić information content (AvgIpc) is 2.98. The zero-order valence-electron chi connectivity index (χ0n) is 25.7. The van der Waals surface area contributed by atoms with E-state index in [1.807, 2.05) is 13.8 Å². The Morgan fingerprint density at radius 1 is 0.389 bits per heavy atom. The Bertz CT molecular complexity index is 384. The molecule has 214 valence electrons. The standard InChI is InChI=1S/C22H40.2C6H12.C2H6/c1-18-12-14-21(15-13-18)22(16-19-8-4-2-5-9-19)17-20-10-6-3-7-11-20;2*1-2-4-6-5-3-1;1-2/h18-22H,2-17H2,1H3;2*1-6H2;1-2H3. The molecule has 0 saturated heterocycles. The number of hydrogen-bond donors (Lipinski definition) is 0. The molecule has 0 spiro atoms. The minimum Gasteiger partial charge on any atom is -0.0683 e. The van der Waals surface area contributed by atoms with Gasteiger partial charge in [-0.25, -0.2) is 0 Å². The number of rotatable bonds is 5. The molecule has 0 aromatic rings. The van der Waals surface area contributed by atoms with Crippen LogP contribution in [-0.2, 0) is 0 Å². The van der Waals surface area contributed by atoms with Crippen LogP contribution in [0.5, 0.6) is 0 Å². The van der Waals surface area contributed by atoms with E-state index in [2.05, 4.69) is 6.92 Å². The Kier molecular flexibility index (Phi) is 19.6. The van der Waals surface area contributed by atoms with Crippen molar-refractivity contribution < 1.29 is 0 Å². The molecule has 0 aliphatic heterocycles. The van der Waals surface area contributed by atoms with E-state index in [4.69, 9.17) is 0 Å². The van der Waals surface area contributed by atoms with Crippen LogP contribution in [0.1, 0.15) is 201 Å². The van der Waals surface area contributed by atoms with Crippen LogP contribution < -0.4 is 0 Å². The fourth-order valence-electron chi connectivity index (χ4n) is 8.06. The lowest BCUT2D eigenvalue weighted by molar-refractivity contribution is 0.135. The first-order chi connectivity index (χ1) is 17.8. The van der Waals surface area contributed by atoms with Gasteiger partial charge in [0.05, 0.1) is 0 Å². The highest BCUT2D eigenvalue weighted by atomic mass is 14.4. The van der Waals surface area contributed by atoms with Gasteiger partial charge in [-0.2, -0.15) is 0 Å². The molecule has 0 heterocycles. The summed E-state index contributed by atoms with van der Waals surface area (Å²) < 4.78 is 0. The van der Waals surface area contributed by atoms with Gasteiger partial charge in [0.1, 0.15) is 0 Å². The molecule has 0 radical (unpaired) electrons. The van der Waals surface area contributed by atoms with Crippen molar-refractivity contribution in [3.63, 3.8) is 0 Å². The Morgan fingerprint density at radius 2 is 0.667 bits per heavy atom. The van der Waals surface area contributed by atoms with E-state index in [0.717, 1.165) is 29.6 Å². The second-order valence-corrected chi connectivity index (χ2v) is 13.5. The summed E-state index contributed by atoms with van der Waals surface area (Å²) in [6.07, 6.45) is 42.8. The topological polar surface area (TPSA) is 0 Å². The molecular weight excluding hydrogens is 432 g/mol. The maximum Gasteiger partial charge on any atom is -0.0381 e. The van der Waals surface area contributed by atoms with Gasteiger partial charge in [0.25, 0.3) is 0 Å². The summed E-state index contributed by atoms with van der Waals surface area (Å²) in [6, 6.07) is 0. The second-order valence-electron chi connectivity index (χ2n) is 13.5. The fourth-order valence-corrected chi connectivity index (χ4v) is 8.06. The van der Waals surface area contributed by atoms with Crippen LogP contribution in [-0.4, -0.2) is 0 Å². The minimum atomic E-state index is 1.02. The molecule has 5 aliphatic rings. The van der Waals surface area contributed by atoms with Crippen LogP contribution in [0, 0.1) is 29.6 Å². The van der Waals surface area contributed by atoms with Gasteiger partial charge < -0.3 is 0 Å². The first kappa shape index (κ1) is 32.2. The third-order valence-electron chi connectivity index (χ3n) is 10.4. The molecule has 0 atom stereocenters. The van der Waals surface area contributed by atoms with Crippen LogP contribution in [0.4, 0.5) is 0 Å². The van der Waals surface area contributed by atoms with E-state index in [1.165, 1.54) is 128 Å². The molecule has 5 saturated carbocycles. The summed E-state index contributed by atoms with van der Waals surface area (Å²) in [5.41, 5.74) is 0. The summed E-state index contributed by atoms with van der Waals surface area (Å²) in [5, 5.41) is 0. The zero-order valence-corrected chi connectivity index (χ0v) is 25.7. The normalized spacial score (nSPS) is 28.0. The fraction of sp³-hybridized carbons (Fsp3) is 1.00. The van der Waals surface area contributed by atoms with Crippen molar-refractivity contribution in [3.8, 4) is 0 Å². The maximum atomic E-state index is 2.48. The first-order valence-electron chi connectivity index (χ1n) is 17.8. The summed E-state index contributed by atoms with van der Waals surface area (Å²) in [7, 11) is 0. The van der Waals surface area contributed by atoms with Gasteiger partial charge in [0.2, 0.25) is 0 Å². The molecule has 0 unspecified atom stereocenters. The Morgan fingerprint density at radius 3 is 0.972 bits per heavy atom. The molecule has 0 aromatic carbocycles. The first-order valence-corrected chi connectivity index (χ1v) is 17.8. The smallest absolute Gasteiger partial charge is 0.0381 e. The van der Waals surface area contributed by atoms with Crippen molar-refractivity contribution in [2.45, 2.75) is 201 Å². The quantitative estimate of drug-likeness (QED) is 0.350. The molecule has 0 heteroatoms. The molecule has 36 heavy (non-hydrogen) atoms. The zero-order chi connectivity index (χ0) is 25.7. The third-order valence-corrected chi connectivity index (χ3v) is 10.4. The van der Waals surface area contributed by atoms with E-state index in [-0.39, 0.29) is 0 Å². The third kappa shape index (κ3) is 14.8. The van der Waals surface area contributed by atoms with E-state index in [1.54, 1.807) is 51.4 Å². The van der Waals surface area contributed by atoms with Crippen molar-refractivity contribution in [2.75, 3.05) is 0 Å². The van der Waals surface area contributed by atoms with Gasteiger partial charge in [-0.3, -0.25) is 0 Å². The molecule has 0 amide bonds. The van der Waals surface area contributed by atoms with E-state index < -0.39 is 0 Å². The highest BCUT2D eigenvalue weighted by Crippen LogP contribution is 2.43. The molecule has 5 aliphatic carbocycles. The summed E-state index contributed by atoms with van der Waals surface area (Å²) in [4.78, 5) is 0. The van der Waals surface area contributed by atoms with Gasteiger partial charge >= 0.3 is 0 Å². The van der Waals surface area contributed by atoms with Crippen molar-refractivity contribution >= 4 is 0 Å². The van der Waals surface area contributed by atoms with Crippen molar-refractivity contribution in [1.29, 1.82) is 0 Å². The van der Waals surface area contributed by atoms with Crippen molar-refractivity contribution in [3.05, 3.63) is 0 Å². The SMILES string of the molecule is C1CCCCC1.C1CCCCC1.CC.CC1CCC(C(CC2CCCCC2)CC2CCCCC2)CC1. The largest absolute Gasteiger partial charge is 0.0683 e. The molecule has 0 aromatic heterocycles. The van der Waals surface area contributed by atoms with Gasteiger partial charge in [0.15, 0.2) is 0 Å². The van der Waals surface area contributed by atoms with Crippen LogP contribution >= 0.6 is 0 Å². The maximum absolute atomic E-state index is 2.48. The number of hydrogen-bond acceptors (Lipinski definition) is 0. The molecular formula is C36H70. The molecule has 0 bridgehead atoms. The lowest BCUT2D eigenvalue weighted by Crippen LogP contribution is -2.26. The monoisotopic (exact) mass is 503 g/mol. The van der Waals surface area contributed by atoms with Crippen molar-refractivity contribution in [2.24, 2.45) is 29.6 Å². The van der Waals surface area contributed by atoms with E-state index in [0.29, 0.717) is 0 Å². The summed E-state index contributed by atoms with van der Waals surface area (Å²) >= 11 is 0. The Hall–Kier alpha value is 0.